The van der Waals surface area contributed by atoms with Gasteiger partial charge in [0.25, 0.3) is 5.56 Å². The second-order valence-electron chi connectivity index (χ2n) is 8.33. The van der Waals surface area contributed by atoms with Crippen LogP contribution in [0.4, 0.5) is 0 Å². The first-order valence-corrected chi connectivity index (χ1v) is 11.7. The van der Waals surface area contributed by atoms with Crippen molar-refractivity contribution in [3.8, 4) is 28.6 Å². The van der Waals surface area contributed by atoms with Crippen LogP contribution in [-0.4, -0.2) is 48.6 Å². The van der Waals surface area contributed by atoms with E-state index in [2.05, 4.69) is 4.98 Å². The fraction of sp³-hybridized carbons (Fsp3) is 0.286. The van der Waals surface area contributed by atoms with E-state index < -0.39 is 0 Å². The molecule has 0 fully saturated rings. The molecule has 0 unspecified atom stereocenters. The second-order valence-corrected chi connectivity index (χ2v) is 8.33. The molecule has 8 heteroatoms. The number of H-pyrrole nitrogens is 1. The first kappa shape index (κ1) is 25.2. The van der Waals surface area contributed by atoms with Gasteiger partial charge in [-0.25, -0.2) is 4.98 Å². The van der Waals surface area contributed by atoms with Crippen LogP contribution < -0.4 is 19.8 Å². The van der Waals surface area contributed by atoms with Gasteiger partial charge in [0.15, 0.2) is 0 Å². The number of aliphatic hydroxyl groups is 1. The Balaban J connectivity index is 1.56. The number of nitrogens with zero attached hydrogens (tertiary/aromatic N) is 1. The van der Waals surface area contributed by atoms with Crippen molar-refractivity contribution in [2.45, 2.75) is 20.5 Å². The van der Waals surface area contributed by atoms with Crippen molar-refractivity contribution in [1.29, 1.82) is 0 Å². The van der Waals surface area contributed by atoms with Crippen LogP contribution in [0.5, 0.6) is 17.2 Å². The van der Waals surface area contributed by atoms with Crippen LogP contribution in [0.15, 0.2) is 59.4 Å². The number of aromatic nitrogens is 2. The van der Waals surface area contributed by atoms with Crippen molar-refractivity contribution < 1.29 is 24.1 Å². The number of aryl methyl sites for hydroxylation is 2. The number of aliphatic hydroxyl groups excluding tert-OH is 1. The van der Waals surface area contributed by atoms with Crippen LogP contribution in [0.1, 0.15) is 16.7 Å². The van der Waals surface area contributed by atoms with Gasteiger partial charge in [-0.3, -0.25) is 4.79 Å². The van der Waals surface area contributed by atoms with Crippen molar-refractivity contribution in [3.05, 3.63) is 81.6 Å². The highest BCUT2D eigenvalue weighted by molar-refractivity contribution is 5.87. The maximum Gasteiger partial charge on any atom is 0.262 e. The lowest BCUT2D eigenvalue weighted by Gasteiger charge is -2.14. The Bertz CT molecular complexity index is 1360. The molecule has 2 N–H and O–H groups in total. The molecule has 0 radical (unpaired) electrons. The number of ether oxygens (including phenoxy) is 4. The van der Waals surface area contributed by atoms with E-state index in [4.69, 9.17) is 29.0 Å². The molecule has 3 aromatic carbocycles. The molecule has 0 spiro atoms. The molecule has 4 rings (SSSR count). The van der Waals surface area contributed by atoms with Gasteiger partial charge < -0.3 is 29.0 Å². The van der Waals surface area contributed by atoms with E-state index >= 15 is 0 Å². The second kappa shape index (κ2) is 11.7. The topological polar surface area (TPSA) is 103 Å². The maximum absolute atomic E-state index is 13.0. The molecular weight excluding hydrogens is 460 g/mol. The van der Waals surface area contributed by atoms with Crippen molar-refractivity contribution in [2.75, 3.05) is 33.5 Å². The first-order valence-electron chi connectivity index (χ1n) is 11.7. The number of aromatic amines is 1. The zero-order valence-electron chi connectivity index (χ0n) is 20.7. The van der Waals surface area contributed by atoms with E-state index in [-0.39, 0.29) is 18.8 Å². The lowest BCUT2D eigenvalue weighted by Crippen LogP contribution is -2.12. The molecular formula is C28H30N2O6. The molecule has 0 bridgehead atoms. The van der Waals surface area contributed by atoms with Gasteiger partial charge in [-0.05, 0) is 42.7 Å². The van der Waals surface area contributed by atoms with E-state index in [9.17, 15) is 4.79 Å². The van der Waals surface area contributed by atoms with Crippen LogP contribution in [0.25, 0.3) is 22.3 Å². The molecule has 188 valence electrons. The monoisotopic (exact) mass is 490 g/mol. The predicted octanol–water partition coefficient (Wildman–Crippen LogP) is 4.18. The summed E-state index contributed by atoms with van der Waals surface area (Å²) in [6, 6.07) is 17.1. The average Bonchev–Trinajstić information content (AvgIpc) is 2.88. The SMILES string of the molecule is COc1cc(OCCOCc2ccccc2)cc2nc(-c3cc(C)c(OCCO)c(C)c3)[nH]c(=O)c12. The average molecular weight is 491 g/mol. The number of rotatable bonds is 11. The summed E-state index contributed by atoms with van der Waals surface area (Å²) < 4.78 is 22.7. The summed E-state index contributed by atoms with van der Waals surface area (Å²) in [6.45, 7) is 5.23. The number of methoxy groups -OCH3 is 1. The Kier molecular flexibility index (Phi) is 8.20. The smallest absolute Gasteiger partial charge is 0.262 e. The molecule has 1 heterocycles. The van der Waals surface area contributed by atoms with E-state index in [0.29, 0.717) is 53.8 Å². The summed E-state index contributed by atoms with van der Waals surface area (Å²) >= 11 is 0. The molecule has 0 amide bonds. The maximum atomic E-state index is 13.0. The molecule has 0 atom stereocenters. The van der Waals surface area contributed by atoms with E-state index in [1.807, 2.05) is 56.3 Å². The quantitative estimate of drug-likeness (QED) is 0.304. The van der Waals surface area contributed by atoms with Crippen LogP contribution in [-0.2, 0) is 11.3 Å². The van der Waals surface area contributed by atoms with Gasteiger partial charge in [-0.15, -0.1) is 0 Å². The highest BCUT2D eigenvalue weighted by atomic mass is 16.5. The summed E-state index contributed by atoms with van der Waals surface area (Å²) in [6.07, 6.45) is 0. The van der Waals surface area contributed by atoms with Gasteiger partial charge in [-0.1, -0.05) is 30.3 Å². The predicted molar refractivity (Wildman–Crippen MR) is 138 cm³/mol. The fourth-order valence-electron chi connectivity index (χ4n) is 4.04. The van der Waals surface area contributed by atoms with E-state index in [0.717, 1.165) is 22.3 Å². The van der Waals surface area contributed by atoms with Crippen molar-refractivity contribution in [2.24, 2.45) is 0 Å². The number of benzene rings is 3. The summed E-state index contributed by atoms with van der Waals surface area (Å²) in [5, 5.41) is 9.42. The Morgan fingerprint density at radius 3 is 2.39 bits per heavy atom. The van der Waals surface area contributed by atoms with Gasteiger partial charge in [0.05, 0.1) is 32.4 Å². The van der Waals surface area contributed by atoms with E-state index in [1.54, 1.807) is 12.1 Å². The molecule has 0 aliphatic heterocycles. The zero-order valence-corrected chi connectivity index (χ0v) is 20.7. The minimum absolute atomic E-state index is 0.0639. The molecule has 36 heavy (non-hydrogen) atoms. The molecule has 0 aliphatic carbocycles. The Morgan fingerprint density at radius 1 is 0.944 bits per heavy atom. The normalized spacial score (nSPS) is 11.0. The molecule has 4 aromatic rings. The van der Waals surface area contributed by atoms with Gasteiger partial charge in [-0.2, -0.15) is 0 Å². The van der Waals surface area contributed by atoms with Crippen LogP contribution in [0, 0.1) is 13.8 Å². The van der Waals surface area contributed by atoms with Crippen molar-refractivity contribution in [3.63, 3.8) is 0 Å². The Labute approximate surface area is 209 Å². The number of hydrogen-bond donors (Lipinski definition) is 2. The third-order valence-corrected chi connectivity index (χ3v) is 5.65. The van der Waals surface area contributed by atoms with Gasteiger partial charge >= 0.3 is 0 Å². The summed E-state index contributed by atoms with van der Waals surface area (Å²) in [5.41, 5.74) is 3.77. The fourth-order valence-corrected chi connectivity index (χ4v) is 4.04. The summed E-state index contributed by atoms with van der Waals surface area (Å²) in [5.74, 6) is 2.06. The van der Waals surface area contributed by atoms with Crippen LogP contribution in [0.2, 0.25) is 0 Å². The highest BCUT2D eigenvalue weighted by Gasteiger charge is 2.15. The van der Waals surface area contributed by atoms with Crippen LogP contribution >= 0.6 is 0 Å². The highest BCUT2D eigenvalue weighted by Crippen LogP contribution is 2.31. The zero-order chi connectivity index (χ0) is 25.5. The molecule has 1 aromatic heterocycles. The number of fused-ring (bicyclic) bond motifs is 1. The lowest BCUT2D eigenvalue weighted by atomic mass is 10.0. The largest absolute Gasteiger partial charge is 0.496 e. The standard InChI is InChI=1S/C28H30N2O6/c1-18-13-21(14-19(2)26(18)36-10-9-31)27-29-23-15-22(16-24(33-3)25(23)28(32)30-27)35-12-11-34-17-20-7-5-4-6-8-20/h4-8,13-16,31H,9-12,17H2,1-3H3,(H,29,30,32). The molecule has 0 saturated heterocycles. The molecule has 0 aliphatic rings. The minimum atomic E-state index is -0.305. The van der Waals surface area contributed by atoms with Crippen LogP contribution in [0.3, 0.4) is 0 Å². The summed E-state index contributed by atoms with van der Waals surface area (Å²) in [7, 11) is 1.51. The van der Waals surface area contributed by atoms with E-state index in [1.165, 1.54) is 7.11 Å². The van der Waals surface area contributed by atoms with Crippen molar-refractivity contribution in [1.82, 2.24) is 9.97 Å². The Hall–Kier alpha value is -3.88. The molecule has 8 nitrogen and oxygen atoms in total. The number of hydrogen-bond acceptors (Lipinski definition) is 7. The third kappa shape index (κ3) is 5.84. The first-order chi connectivity index (χ1) is 17.5. The van der Waals surface area contributed by atoms with Gasteiger partial charge in [0.2, 0.25) is 0 Å². The van der Waals surface area contributed by atoms with Crippen molar-refractivity contribution >= 4 is 10.9 Å². The van der Waals surface area contributed by atoms with Gasteiger partial charge in [0.1, 0.15) is 41.7 Å². The minimum Gasteiger partial charge on any atom is -0.496 e. The Morgan fingerprint density at radius 2 is 1.69 bits per heavy atom. The lowest BCUT2D eigenvalue weighted by molar-refractivity contribution is 0.0889. The number of nitrogens with one attached hydrogen (secondary N) is 1. The van der Waals surface area contributed by atoms with Gasteiger partial charge in [0, 0.05) is 17.7 Å². The third-order valence-electron chi connectivity index (χ3n) is 5.65. The summed E-state index contributed by atoms with van der Waals surface area (Å²) in [4.78, 5) is 20.6. The molecule has 0 saturated carbocycles.